The van der Waals surface area contributed by atoms with Crippen LogP contribution < -0.4 is 21.5 Å². The van der Waals surface area contributed by atoms with E-state index in [1.165, 1.54) is 0 Å². The Labute approximate surface area is 134 Å². The molecule has 2 fully saturated rings. The zero-order valence-electron chi connectivity index (χ0n) is 13.0. The first kappa shape index (κ1) is 16.9. The smallest absolute Gasteiger partial charge is 0.315 e. The minimum atomic E-state index is -0.189. The Balaban J connectivity index is 1.57. The van der Waals surface area contributed by atoms with Gasteiger partial charge in [-0.3, -0.25) is 20.4 Å². The monoisotopic (exact) mass is 328 g/mol. The first-order valence-electron chi connectivity index (χ1n) is 7.74. The van der Waals surface area contributed by atoms with Gasteiger partial charge >= 0.3 is 6.03 Å². The first-order valence-corrected chi connectivity index (χ1v) is 8.79. The minimum Gasteiger partial charge on any atom is -0.332 e. The van der Waals surface area contributed by atoms with Crippen LogP contribution in [-0.2, 0) is 9.59 Å². The van der Waals surface area contributed by atoms with Gasteiger partial charge in [0, 0.05) is 23.3 Å². The van der Waals surface area contributed by atoms with Crippen LogP contribution in [0.1, 0.15) is 39.5 Å². The lowest BCUT2D eigenvalue weighted by molar-refractivity contribution is -0.130. The Bertz CT molecular complexity index is 444. The number of hydrogen-bond donors (Lipinski definition) is 4. The Kier molecular flexibility index (Phi) is 5.93. The number of thioether (sulfide) groups is 1. The van der Waals surface area contributed by atoms with Crippen LogP contribution in [0.25, 0.3) is 0 Å². The van der Waals surface area contributed by atoms with E-state index in [1.54, 1.807) is 13.8 Å². The Morgan fingerprint density at radius 1 is 1.27 bits per heavy atom. The molecule has 3 unspecified atom stereocenters. The van der Waals surface area contributed by atoms with E-state index in [0.717, 1.165) is 25.0 Å². The summed E-state index contributed by atoms with van der Waals surface area (Å²) in [5.74, 6) is 0.450. The molecule has 124 valence electrons. The summed E-state index contributed by atoms with van der Waals surface area (Å²) in [6.07, 6.45) is 3.09. The molecule has 0 bridgehead atoms. The molecule has 2 saturated heterocycles. The Hall–Kier alpha value is -1.44. The number of fused-ring (bicyclic) bond motifs is 1. The van der Waals surface area contributed by atoms with Crippen molar-refractivity contribution in [3.63, 3.8) is 0 Å². The molecule has 8 heteroatoms. The third-order valence-corrected chi connectivity index (χ3v) is 5.44. The molecular weight excluding hydrogens is 304 g/mol. The molecular formula is C14H24N4O3S. The van der Waals surface area contributed by atoms with Crippen molar-refractivity contribution in [1.82, 2.24) is 21.5 Å². The number of urea groups is 1. The number of carbonyl (C=O) groups is 3. The standard InChI is InChI=1S/C14H24N4O3S/c1-8(2)13(20)18-17-11(19)6-4-3-5-10-12-9(7-22-10)15-14(21)16-12/h8-10,12H,3-7H2,1-2H3,(H,17,19)(H,18,20)(H2,15,16,21). The molecule has 3 atom stereocenters. The maximum Gasteiger partial charge on any atom is 0.315 e. The molecule has 7 nitrogen and oxygen atoms in total. The lowest BCUT2D eigenvalue weighted by Gasteiger charge is -2.16. The molecule has 0 aliphatic carbocycles. The molecule has 2 rings (SSSR count). The number of hydrogen-bond acceptors (Lipinski definition) is 4. The fraction of sp³-hybridized carbons (Fsp3) is 0.786. The number of nitrogens with one attached hydrogen (secondary N) is 4. The fourth-order valence-corrected chi connectivity index (χ4v) is 4.16. The summed E-state index contributed by atoms with van der Waals surface area (Å²) in [6, 6.07) is 0.397. The zero-order chi connectivity index (χ0) is 16.1. The molecule has 0 radical (unpaired) electrons. The zero-order valence-corrected chi connectivity index (χ0v) is 13.8. The van der Waals surface area contributed by atoms with E-state index in [1.807, 2.05) is 11.8 Å². The van der Waals surface area contributed by atoms with E-state index < -0.39 is 0 Å². The van der Waals surface area contributed by atoms with Gasteiger partial charge in [0.15, 0.2) is 0 Å². The molecule has 4 amide bonds. The molecule has 0 aromatic heterocycles. The van der Waals surface area contributed by atoms with Crippen LogP contribution in [0.3, 0.4) is 0 Å². The van der Waals surface area contributed by atoms with Gasteiger partial charge in [-0.05, 0) is 12.8 Å². The molecule has 0 aromatic rings. The van der Waals surface area contributed by atoms with Gasteiger partial charge in [-0.25, -0.2) is 4.79 Å². The highest BCUT2D eigenvalue weighted by Gasteiger charge is 2.42. The predicted molar refractivity (Wildman–Crippen MR) is 85.1 cm³/mol. The largest absolute Gasteiger partial charge is 0.332 e. The highest BCUT2D eigenvalue weighted by atomic mass is 32.2. The van der Waals surface area contributed by atoms with Crippen LogP contribution >= 0.6 is 11.8 Å². The first-order chi connectivity index (χ1) is 10.5. The van der Waals surface area contributed by atoms with Crippen LogP contribution in [0, 0.1) is 5.92 Å². The summed E-state index contributed by atoms with van der Waals surface area (Å²) in [6.45, 7) is 3.54. The van der Waals surface area contributed by atoms with E-state index in [9.17, 15) is 14.4 Å². The SMILES string of the molecule is CC(C)C(=O)NNC(=O)CCCCC1SCC2NC(=O)NC21. The van der Waals surface area contributed by atoms with Gasteiger partial charge in [-0.15, -0.1) is 0 Å². The summed E-state index contributed by atoms with van der Waals surface area (Å²) < 4.78 is 0. The van der Waals surface area contributed by atoms with Crippen molar-refractivity contribution in [3.8, 4) is 0 Å². The van der Waals surface area contributed by atoms with Crippen molar-refractivity contribution in [2.24, 2.45) is 5.92 Å². The molecule has 0 saturated carbocycles. The van der Waals surface area contributed by atoms with E-state index in [-0.39, 0.29) is 35.8 Å². The molecule has 0 spiro atoms. The summed E-state index contributed by atoms with van der Waals surface area (Å²) in [5.41, 5.74) is 4.82. The quantitative estimate of drug-likeness (QED) is 0.324. The van der Waals surface area contributed by atoms with Crippen molar-refractivity contribution in [3.05, 3.63) is 0 Å². The third kappa shape index (κ3) is 4.53. The highest BCUT2D eigenvalue weighted by molar-refractivity contribution is 8.00. The fourth-order valence-electron chi connectivity index (χ4n) is 2.61. The van der Waals surface area contributed by atoms with Crippen molar-refractivity contribution in [1.29, 1.82) is 0 Å². The van der Waals surface area contributed by atoms with Crippen LogP contribution in [-0.4, -0.2) is 40.9 Å². The van der Waals surface area contributed by atoms with E-state index in [4.69, 9.17) is 0 Å². The summed E-state index contributed by atoms with van der Waals surface area (Å²) >= 11 is 1.88. The van der Waals surface area contributed by atoms with Crippen molar-refractivity contribution >= 4 is 29.6 Å². The molecule has 2 aliphatic heterocycles. The summed E-state index contributed by atoms with van der Waals surface area (Å²) in [7, 11) is 0. The number of rotatable bonds is 6. The normalized spacial score (nSPS) is 26.3. The van der Waals surface area contributed by atoms with Gasteiger partial charge < -0.3 is 10.6 Å². The average Bonchev–Trinajstić information content (AvgIpc) is 3.00. The molecule has 4 N–H and O–H groups in total. The second-order valence-electron chi connectivity index (χ2n) is 6.06. The Morgan fingerprint density at radius 2 is 2.05 bits per heavy atom. The molecule has 0 aromatic carbocycles. The van der Waals surface area contributed by atoms with Gasteiger partial charge in [0.2, 0.25) is 11.8 Å². The second-order valence-corrected chi connectivity index (χ2v) is 7.33. The van der Waals surface area contributed by atoms with Crippen LogP contribution in [0.5, 0.6) is 0 Å². The van der Waals surface area contributed by atoms with E-state index in [0.29, 0.717) is 11.7 Å². The number of carbonyl (C=O) groups excluding carboxylic acids is 3. The molecule has 22 heavy (non-hydrogen) atoms. The van der Waals surface area contributed by atoms with Gasteiger partial charge in [0.25, 0.3) is 0 Å². The maximum atomic E-state index is 11.6. The van der Waals surface area contributed by atoms with Crippen LogP contribution in [0.4, 0.5) is 4.79 Å². The number of hydrazine groups is 1. The molecule has 2 heterocycles. The summed E-state index contributed by atoms with van der Waals surface area (Å²) in [5, 5.41) is 6.30. The highest BCUT2D eigenvalue weighted by Crippen LogP contribution is 2.33. The molecule has 2 aliphatic rings. The van der Waals surface area contributed by atoms with Gasteiger partial charge in [0.1, 0.15) is 0 Å². The van der Waals surface area contributed by atoms with Gasteiger partial charge in [-0.2, -0.15) is 11.8 Å². The van der Waals surface area contributed by atoms with Crippen LogP contribution in [0.2, 0.25) is 0 Å². The topological polar surface area (TPSA) is 99.3 Å². The second kappa shape index (κ2) is 7.71. The van der Waals surface area contributed by atoms with Crippen LogP contribution in [0.15, 0.2) is 0 Å². The van der Waals surface area contributed by atoms with Crippen molar-refractivity contribution in [2.75, 3.05) is 5.75 Å². The van der Waals surface area contributed by atoms with Gasteiger partial charge in [-0.1, -0.05) is 20.3 Å². The van der Waals surface area contributed by atoms with E-state index >= 15 is 0 Å². The number of amides is 4. The minimum absolute atomic E-state index is 0.0689. The lowest BCUT2D eigenvalue weighted by Crippen LogP contribution is -2.43. The summed E-state index contributed by atoms with van der Waals surface area (Å²) in [4.78, 5) is 34.2. The van der Waals surface area contributed by atoms with Crippen molar-refractivity contribution in [2.45, 2.75) is 56.9 Å². The predicted octanol–water partition coefficient (Wildman–Crippen LogP) is 0.516. The lowest BCUT2D eigenvalue weighted by atomic mass is 10.0. The van der Waals surface area contributed by atoms with Gasteiger partial charge in [0.05, 0.1) is 12.1 Å². The number of unbranched alkanes of at least 4 members (excludes halogenated alkanes) is 1. The van der Waals surface area contributed by atoms with E-state index in [2.05, 4.69) is 21.5 Å². The Morgan fingerprint density at radius 3 is 2.77 bits per heavy atom. The van der Waals surface area contributed by atoms with Crippen molar-refractivity contribution < 1.29 is 14.4 Å². The maximum absolute atomic E-state index is 11.6. The average molecular weight is 328 g/mol. The third-order valence-electron chi connectivity index (χ3n) is 3.93.